The summed E-state index contributed by atoms with van der Waals surface area (Å²) >= 11 is 0. The van der Waals surface area contributed by atoms with Crippen molar-refractivity contribution < 1.29 is 9.53 Å². The van der Waals surface area contributed by atoms with Crippen LogP contribution in [-0.4, -0.2) is 30.8 Å². The van der Waals surface area contributed by atoms with Gasteiger partial charge in [0.25, 0.3) is 0 Å². The van der Waals surface area contributed by atoms with Crippen molar-refractivity contribution >= 4 is 18.5 Å². The summed E-state index contributed by atoms with van der Waals surface area (Å²) in [5, 5.41) is 6.47. The maximum Gasteiger partial charge on any atom is 0.407 e. The molecule has 1 saturated carbocycles. The van der Waals surface area contributed by atoms with Gasteiger partial charge in [-0.3, -0.25) is 0 Å². The number of halogens is 1. The van der Waals surface area contributed by atoms with Gasteiger partial charge in [0.15, 0.2) is 0 Å². The molecule has 3 atom stereocenters. The molecule has 4 nitrogen and oxygen atoms in total. The molecule has 2 rings (SSSR count). The Hall–Kier alpha value is -0.480. The van der Waals surface area contributed by atoms with Gasteiger partial charge in [-0.2, -0.15) is 0 Å². The van der Waals surface area contributed by atoms with Gasteiger partial charge in [0, 0.05) is 12.6 Å². The van der Waals surface area contributed by atoms with Crippen LogP contribution < -0.4 is 10.6 Å². The summed E-state index contributed by atoms with van der Waals surface area (Å²) in [7, 11) is 0. The van der Waals surface area contributed by atoms with Gasteiger partial charge in [-0.05, 0) is 52.0 Å². The molecule has 1 saturated heterocycles. The number of amides is 1. The largest absolute Gasteiger partial charge is 0.444 e. The molecule has 0 spiro atoms. The number of ether oxygens (including phenoxy) is 1. The number of hydrogen-bond acceptors (Lipinski definition) is 3. The molecule has 106 valence electrons. The highest BCUT2D eigenvalue weighted by Gasteiger charge is 2.37. The molecule has 1 aliphatic carbocycles. The monoisotopic (exact) mass is 276 g/mol. The SMILES string of the molecule is CC(C)(C)OC(=O)NC1CCCC2CNCC21.Cl. The van der Waals surface area contributed by atoms with Crippen LogP contribution in [0.3, 0.4) is 0 Å². The van der Waals surface area contributed by atoms with E-state index >= 15 is 0 Å². The number of alkyl carbamates (subject to hydrolysis) is 1. The molecule has 18 heavy (non-hydrogen) atoms. The molecule has 2 aliphatic rings. The fraction of sp³-hybridized carbons (Fsp3) is 0.923. The molecule has 0 radical (unpaired) electrons. The van der Waals surface area contributed by atoms with Crippen LogP contribution >= 0.6 is 12.4 Å². The number of carbonyl (C=O) groups excluding carboxylic acids is 1. The maximum absolute atomic E-state index is 11.8. The van der Waals surface area contributed by atoms with Gasteiger partial charge in [-0.25, -0.2) is 4.79 Å². The molecule has 2 N–H and O–H groups in total. The number of fused-ring (bicyclic) bond motifs is 1. The standard InChI is InChI=1S/C13H24N2O2.ClH/c1-13(2,3)17-12(16)15-11-6-4-5-9-7-14-8-10(9)11;/h9-11,14H,4-8H2,1-3H3,(H,15,16);1H. The number of hydrogen-bond donors (Lipinski definition) is 2. The minimum absolute atomic E-state index is 0. The van der Waals surface area contributed by atoms with Crippen molar-refractivity contribution in [3.05, 3.63) is 0 Å². The number of nitrogens with one attached hydrogen (secondary N) is 2. The highest BCUT2D eigenvalue weighted by atomic mass is 35.5. The average Bonchev–Trinajstić information content (AvgIpc) is 2.63. The lowest BCUT2D eigenvalue weighted by molar-refractivity contribution is 0.0461. The first-order chi connectivity index (χ1) is 7.96. The molecule has 1 heterocycles. The fourth-order valence-electron chi connectivity index (χ4n) is 2.99. The molecule has 0 bridgehead atoms. The van der Waals surface area contributed by atoms with Crippen LogP contribution in [0.1, 0.15) is 40.0 Å². The van der Waals surface area contributed by atoms with Crippen molar-refractivity contribution in [3.63, 3.8) is 0 Å². The zero-order chi connectivity index (χ0) is 12.5. The lowest BCUT2D eigenvalue weighted by Crippen LogP contribution is -2.47. The summed E-state index contributed by atoms with van der Waals surface area (Å²) in [6.07, 6.45) is 3.32. The minimum Gasteiger partial charge on any atom is -0.444 e. The summed E-state index contributed by atoms with van der Waals surface area (Å²) in [6, 6.07) is 0.290. The number of rotatable bonds is 1. The first-order valence-electron chi connectivity index (χ1n) is 6.66. The van der Waals surface area contributed by atoms with Gasteiger partial charge in [0.05, 0.1) is 0 Å². The van der Waals surface area contributed by atoms with E-state index in [0.29, 0.717) is 12.0 Å². The van der Waals surface area contributed by atoms with E-state index < -0.39 is 5.60 Å². The second-order valence-corrected chi connectivity index (χ2v) is 6.27. The normalized spacial score (nSPS) is 31.2. The van der Waals surface area contributed by atoms with Crippen molar-refractivity contribution in [3.8, 4) is 0 Å². The first kappa shape index (κ1) is 15.6. The Labute approximate surface area is 116 Å². The number of carbonyl (C=O) groups is 1. The molecule has 0 aromatic heterocycles. The van der Waals surface area contributed by atoms with Crippen LogP contribution in [-0.2, 0) is 4.74 Å². The van der Waals surface area contributed by atoms with Crippen molar-refractivity contribution in [1.29, 1.82) is 0 Å². The van der Waals surface area contributed by atoms with Gasteiger partial charge < -0.3 is 15.4 Å². The van der Waals surface area contributed by atoms with Crippen molar-refractivity contribution in [2.24, 2.45) is 11.8 Å². The van der Waals surface area contributed by atoms with E-state index in [2.05, 4.69) is 10.6 Å². The van der Waals surface area contributed by atoms with Gasteiger partial charge in [0.2, 0.25) is 0 Å². The van der Waals surface area contributed by atoms with Crippen LogP contribution in [0.5, 0.6) is 0 Å². The second kappa shape index (κ2) is 6.11. The zero-order valence-electron chi connectivity index (χ0n) is 11.5. The Morgan fingerprint density at radius 3 is 2.67 bits per heavy atom. The molecule has 1 amide bonds. The van der Waals surface area contributed by atoms with Gasteiger partial charge in [-0.15, -0.1) is 12.4 Å². The molecular weight excluding hydrogens is 252 g/mol. The molecule has 0 aromatic rings. The Balaban J connectivity index is 0.00000162. The minimum atomic E-state index is -0.411. The lowest BCUT2D eigenvalue weighted by atomic mass is 9.78. The average molecular weight is 277 g/mol. The van der Waals surface area contributed by atoms with Crippen molar-refractivity contribution in [2.45, 2.75) is 51.7 Å². The highest BCUT2D eigenvalue weighted by Crippen LogP contribution is 2.32. The summed E-state index contributed by atoms with van der Waals surface area (Å²) in [6.45, 7) is 7.83. The predicted molar refractivity (Wildman–Crippen MR) is 74.1 cm³/mol. The third-order valence-electron chi connectivity index (χ3n) is 3.70. The van der Waals surface area contributed by atoms with E-state index in [9.17, 15) is 4.79 Å². The molecule has 2 fully saturated rings. The van der Waals surface area contributed by atoms with Crippen molar-refractivity contribution in [1.82, 2.24) is 10.6 Å². The van der Waals surface area contributed by atoms with E-state index in [1.54, 1.807) is 0 Å². The van der Waals surface area contributed by atoms with E-state index in [0.717, 1.165) is 25.4 Å². The fourth-order valence-corrected chi connectivity index (χ4v) is 2.99. The van der Waals surface area contributed by atoms with E-state index in [1.165, 1.54) is 12.8 Å². The lowest BCUT2D eigenvalue weighted by Gasteiger charge is -2.34. The van der Waals surface area contributed by atoms with Crippen LogP contribution in [0.4, 0.5) is 4.79 Å². The Bertz CT molecular complexity index is 291. The zero-order valence-corrected chi connectivity index (χ0v) is 12.3. The van der Waals surface area contributed by atoms with Crippen LogP contribution in [0.2, 0.25) is 0 Å². The molecular formula is C13H25ClN2O2. The molecule has 5 heteroatoms. The van der Waals surface area contributed by atoms with Gasteiger partial charge >= 0.3 is 6.09 Å². The predicted octanol–water partition coefficient (Wildman–Crippen LogP) is 2.32. The topological polar surface area (TPSA) is 50.4 Å². The quantitative estimate of drug-likeness (QED) is 0.773. The Kier molecular flexibility index (Phi) is 5.29. The van der Waals surface area contributed by atoms with E-state index in [1.807, 2.05) is 20.8 Å². The maximum atomic E-state index is 11.8. The Morgan fingerprint density at radius 1 is 1.28 bits per heavy atom. The third-order valence-corrected chi connectivity index (χ3v) is 3.70. The first-order valence-corrected chi connectivity index (χ1v) is 6.66. The highest BCUT2D eigenvalue weighted by molar-refractivity contribution is 5.85. The Morgan fingerprint density at radius 2 is 2.00 bits per heavy atom. The molecule has 3 unspecified atom stereocenters. The molecule has 0 aromatic carbocycles. The summed E-state index contributed by atoms with van der Waals surface area (Å²) < 4.78 is 5.32. The molecule has 1 aliphatic heterocycles. The van der Waals surface area contributed by atoms with Crippen molar-refractivity contribution in [2.75, 3.05) is 13.1 Å². The third kappa shape index (κ3) is 4.02. The van der Waals surface area contributed by atoms with E-state index in [4.69, 9.17) is 4.74 Å². The second-order valence-electron chi connectivity index (χ2n) is 6.27. The van der Waals surface area contributed by atoms with Gasteiger partial charge in [-0.1, -0.05) is 6.42 Å². The van der Waals surface area contributed by atoms with Crippen LogP contribution in [0, 0.1) is 11.8 Å². The van der Waals surface area contributed by atoms with Crippen LogP contribution in [0.15, 0.2) is 0 Å². The van der Waals surface area contributed by atoms with E-state index in [-0.39, 0.29) is 18.5 Å². The van der Waals surface area contributed by atoms with Crippen LogP contribution in [0.25, 0.3) is 0 Å². The van der Waals surface area contributed by atoms with Gasteiger partial charge in [0.1, 0.15) is 5.60 Å². The summed E-state index contributed by atoms with van der Waals surface area (Å²) in [5.74, 6) is 1.33. The smallest absolute Gasteiger partial charge is 0.407 e. The summed E-state index contributed by atoms with van der Waals surface area (Å²) in [4.78, 5) is 11.8. The summed E-state index contributed by atoms with van der Waals surface area (Å²) in [5.41, 5.74) is -0.411.